The molecule has 2 amide bonds. The van der Waals surface area contributed by atoms with Gasteiger partial charge >= 0.3 is 0 Å². The molecular weight excluding hydrogens is 602 g/mol. The van der Waals surface area contributed by atoms with Crippen molar-refractivity contribution in [3.05, 3.63) is 130 Å². The molecule has 0 radical (unpaired) electrons. The summed E-state index contributed by atoms with van der Waals surface area (Å²) in [7, 11) is -2.58. The van der Waals surface area contributed by atoms with Crippen LogP contribution in [0.15, 0.2) is 119 Å². The van der Waals surface area contributed by atoms with E-state index >= 15 is 0 Å². The lowest BCUT2D eigenvalue weighted by Gasteiger charge is -2.33. The molecule has 0 unspecified atom stereocenters. The third kappa shape index (κ3) is 7.62. The second-order valence-electron chi connectivity index (χ2n) is 9.63. The summed E-state index contributed by atoms with van der Waals surface area (Å²) in [6.07, 6.45) is 0.260. The number of amides is 2. The van der Waals surface area contributed by atoms with Gasteiger partial charge in [0.1, 0.15) is 12.6 Å². The van der Waals surface area contributed by atoms with Crippen molar-refractivity contribution in [3.63, 3.8) is 0 Å². The van der Waals surface area contributed by atoms with Gasteiger partial charge in [0.05, 0.1) is 10.6 Å². The number of hydrogen-bond donors (Lipinski definition) is 1. The van der Waals surface area contributed by atoms with Crippen LogP contribution in [0.25, 0.3) is 0 Å². The Hall–Kier alpha value is -3.95. The quantitative estimate of drug-likeness (QED) is 0.242. The summed E-state index contributed by atoms with van der Waals surface area (Å²) in [5, 5.41) is 2.69. The van der Waals surface area contributed by atoms with Crippen LogP contribution >= 0.6 is 15.9 Å². The second-order valence-corrected chi connectivity index (χ2v) is 12.4. The van der Waals surface area contributed by atoms with Gasteiger partial charge in [0.15, 0.2) is 0 Å². The number of hydrogen-bond acceptors (Lipinski definition) is 4. The van der Waals surface area contributed by atoms with Gasteiger partial charge in [-0.15, -0.1) is 0 Å². The number of aryl methyl sites for hydroxylation is 1. The molecule has 9 heteroatoms. The zero-order valence-corrected chi connectivity index (χ0v) is 25.3. The number of halogens is 1. The molecule has 4 rings (SSSR count). The average molecular weight is 635 g/mol. The molecule has 212 valence electrons. The summed E-state index contributed by atoms with van der Waals surface area (Å²) < 4.78 is 29.7. The van der Waals surface area contributed by atoms with Gasteiger partial charge in [0.2, 0.25) is 11.8 Å². The maximum absolute atomic E-state index is 14.2. The van der Waals surface area contributed by atoms with Crippen LogP contribution in [0.1, 0.15) is 16.7 Å². The summed E-state index contributed by atoms with van der Waals surface area (Å²) in [4.78, 5) is 29.1. The van der Waals surface area contributed by atoms with E-state index in [1.807, 2.05) is 61.5 Å². The number of anilines is 1. The van der Waals surface area contributed by atoms with Gasteiger partial charge < -0.3 is 10.2 Å². The topological polar surface area (TPSA) is 86.8 Å². The minimum atomic E-state index is -4.11. The first-order valence-electron chi connectivity index (χ1n) is 13.1. The first-order chi connectivity index (χ1) is 19.7. The summed E-state index contributed by atoms with van der Waals surface area (Å²) in [5.74, 6) is -0.848. The summed E-state index contributed by atoms with van der Waals surface area (Å²) in [6, 6.07) is 31.0. The monoisotopic (exact) mass is 633 g/mol. The largest absolute Gasteiger partial charge is 0.357 e. The minimum Gasteiger partial charge on any atom is -0.357 e. The van der Waals surface area contributed by atoms with Gasteiger partial charge in [-0.25, -0.2) is 8.42 Å². The summed E-state index contributed by atoms with van der Waals surface area (Å²) >= 11 is 3.48. The van der Waals surface area contributed by atoms with Crippen molar-refractivity contribution in [3.8, 4) is 0 Å². The molecule has 0 aliphatic carbocycles. The predicted octanol–water partition coefficient (Wildman–Crippen LogP) is 5.34. The molecule has 0 heterocycles. The summed E-state index contributed by atoms with van der Waals surface area (Å²) in [6.45, 7) is 1.52. The SMILES string of the molecule is CNC(=O)[C@H](Cc1ccccc1)N(Cc1cccc(Br)c1)C(=O)CN(c1ccc(C)cc1)S(=O)(=O)c1ccccc1. The number of rotatable bonds is 11. The van der Waals surface area contributed by atoms with Crippen molar-refractivity contribution in [2.75, 3.05) is 17.9 Å². The minimum absolute atomic E-state index is 0.0686. The Kier molecular flexibility index (Phi) is 9.96. The van der Waals surface area contributed by atoms with Crippen molar-refractivity contribution in [2.45, 2.75) is 30.8 Å². The molecule has 0 aliphatic heterocycles. The first kappa shape index (κ1) is 30.0. The molecule has 0 saturated heterocycles. The number of nitrogens with one attached hydrogen (secondary N) is 1. The lowest BCUT2D eigenvalue weighted by Crippen LogP contribution is -2.53. The fourth-order valence-electron chi connectivity index (χ4n) is 4.51. The fraction of sp³-hybridized carbons (Fsp3) is 0.188. The van der Waals surface area contributed by atoms with Gasteiger partial charge in [-0.3, -0.25) is 13.9 Å². The molecule has 0 aliphatic rings. The van der Waals surface area contributed by atoms with E-state index in [1.54, 1.807) is 42.5 Å². The number of benzene rings is 4. The van der Waals surface area contributed by atoms with Crippen molar-refractivity contribution in [2.24, 2.45) is 0 Å². The second kappa shape index (κ2) is 13.6. The molecule has 7 nitrogen and oxygen atoms in total. The van der Waals surface area contributed by atoms with Crippen molar-refractivity contribution in [1.29, 1.82) is 0 Å². The lowest BCUT2D eigenvalue weighted by molar-refractivity contribution is -0.139. The van der Waals surface area contributed by atoms with E-state index in [4.69, 9.17) is 0 Å². The molecule has 0 bridgehead atoms. The van der Waals surface area contributed by atoms with Gasteiger partial charge in [0, 0.05) is 24.5 Å². The average Bonchev–Trinajstić information content (AvgIpc) is 2.98. The molecule has 0 aromatic heterocycles. The van der Waals surface area contributed by atoms with Crippen LogP contribution in [0.3, 0.4) is 0 Å². The maximum atomic E-state index is 14.2. The Morgan fingerprint density at radius 2 is 1.44 bits per heavy atom. The van der Waals surface area contributed by atoms with Crippen LogP contribution < -0.4 is 9.62 Å². The van der Waals surface area contributed by atoms with Crippen molar-refractivity contribution in [1.82, 2.24) is 10.2 Å². The third-order valence-electron chi connectivity index (χ3n) is 6.69. The number of nitrogens with zero attached hydrogens (tertiary/aromatic N) is 2. The molecule has 0 spiro atoms. The number of sulfonamides is 1. The predicted molar refractivity (Wildman–Crippen MR) is 165 cm³/mol. The molecule has 0 fully saturated rings. The highest BCUT2D eigenvalue weighted by atomic mass is 79.9. The fourth-order valence-corrected chi connectivity index (χ4v) is 6.39. The Labute approximate surface area is 250 Å². The smallest absolute Gasteiger partial charge is 0.264 e. The van der Waals surface area contributed by atoms with Crippen LogP contribution in [0.4, 0.5) is 5.69 Å². The Morgan fingerprint density at radius 3 is 2.05 bits per heavy atom. The van der Waals surface area contributed by atoms with E-state index in [0.717, 1.165) is 25.5 Å². The van der Waals surface area contributed by atoms with E-state index in [9.17, 15) is 18.0 Å². The van der Waals surface area contributed by atoms with E-state index in [-0.39, 0.29) is 23.8 Å². The molecule has 41 heavy (non-hydrogen) atoms. The Balaban J connectivity index is 1.78. The zero-order valence-electron chi connectivity index (χ0n) is 22.9. The highest BCUT2D eigenvalue weighted by Gasteiger charge is 2.34. The molecule has 0 saturated carbocycles. The zero-order chi connectivity index (χ0) is 29.4. The van der Waals surface area contributed by atoms with Crippen LogP contribution in [0, 0.1) is 6.92 Å². The van der Waals surface area contributed by atoms with Gasteiger partial charge in [-0.1, -0.05) is 94.3 Å². The van der Waals surface area contributed by atoms with Crippen LogP contribution in [-0.2, 0) is 32.6 Å². The first-order valence-corrected chi connectivity index (χ1v) is 15.4. The number of carbonyl (C=O) groups excluding carboxylic acids is 2. The third-order valence-corrected chi connectivity index (χ3v) is 8.97. The molecular formula is C32H32BrN3O4S. The standard InChI is InChI=1S/C32H32BrN3O4S/c1-24-16-18-28(19-17-24)36(41(39,40)29-14-7-4-8-15-29)23-31(37)35(22-26-12-9-13-27(33)20-26)30(32(38)34-2)21-25-10-5-3-6-11-25/h3-20,30H,21-23H2,1-2H3,(H,34,38)/t30-/m0/s1. The van der Waals surface area contributed by atoms with Gasteiger partial charge in [-0.2, -0.15) is 0 Å². The summed E-state index contributed by atoms with van der Waals surface area (Å²) in [5.41, 5.74) is 2.98. The molecule has 4 aromatic rings. The van der Waals surface area contributed by atoms with Gasteiger partial charge in [0.25, 0.3) is 10.0 Å². The van der Waals surface area contributed by atoms with E-state index in [1.165, 1.54) is 24.1 Å². The maximum Gasteiger partial charge on any atom is 0.264 e. The normalized spacial score (nSPS) is 11.9. The van der Waals surface area contributed by atoms with Crippen molar-refractivity contribution >= 4 is 43.5 Å². The highest BCUT2D eigenvalue weighted by molar-refractivity contribution is 9.10. The lowest BCUT2D eigenvalue weighted by atomic mass is 10.0. The van der Waals surface area contributed by atoms with Crippen molar-refractivity contribution < 1.29 is 18.0 Å². The highest BCUT2D eigenvalue weighted by Crippen LogP contribution is 2.25. The Morgan fingerprint density at radius 1 is 0.829 bits per heavy atom. The van der Waals surface area contributed by atoms with E-state index in [2.05, 4.69) is 21.2 Å². The molecule has 1 N–H and O–H groups in total. The molecule has 1 atom stereocenters. The van der Waals surface area contributed by atoms with E-state index in [0.29, 0.717) is 5.69 Å². The van der Waals surface area contributed by atoms with Gasteiger partial charge in [-0.05, 0) is 54.4 Å². The van der Waals surface area contributed by atoms with E-state index < -0.39 is 28.5 Å². The van der Waals surface area contributed by atoms with Crippen LogP contribution in [0.2, 0.25) is 0 Å². The molecule has 4 aromatic carbocycles. The van der Waals surface area contributed by atoms with Crippen LogP contribution in [-0.4, -0.2) is 44.8 Å². The Bertz CT molecular complexity index is 1580. The number of likely N-dealkylation sites (N-methyl/N-ethyl adjacent to an activating group) is 1. The number of carbonyl (C=O) groups is 2. The van der Waals surface area contributed by atoms with Crippen LogP contribution in [0.5, 0.6) is 0 Å².